The predicted octanol–water partition coefficient (Wildman–Crippen LogP) is -2.95. The molecule has 0 amide bonds. The molecule has 0 aromatic rings. The number of rotatable bonds is 3. The molecule has 0 aromatic carbocycles. The Hall–Kier alpha value is -0.0603. The number of carboxylic acid groups (broad SMARTS) is 2. The van der Waals surface area contributed by atoms with Crippen molar-refractivity contribution in [3.05, 3.63) is 12.2 Å². The minimum Gasteiger partial charge on any atom is -0.550 e. The second kappa shape index (κ2) is 5.70. The van der Waals surface area contributed by atoms with Crippen molar-refractivity contribution in [2.45, 2.75) is 6.42 Å². The zero-order valence-electron chi connectivity index (χ0n) is 5.25. The molecule has 0 aliphatic rings. The van der Waals surface area contributed by atoms with Crippen molar-refractivity contribution in [3.8, 4) is 0 Å². The Morgan fingerprint density at radius 2 is 1.70 bits per heavy atom. The molecule has 0 rings (SSSR count). The van der Waals surface area contributed by atoms with Crippen molar-refractivity contribution in [3.63, 3.8) is 0 Å². The van der Waals surface area contributed by atoms with Gasteiger partial charge in [-0.2, -0.15) is 0 Å². The van der Waals surface area contributed by atoms with Crippen molar-refractivity contribution in [1.29, 1.82) is 0 Å². The van der Waals surface area contributed by atoms with Gasteiger partial charge in [0.25, 0.3) is 0 Å². The van der Waals surface area contributed by atoms with E-state index in [4.69, 9.17) is 0 Å². The van der Waals surface area contributed by atoms with E-state index < -0.39 is 23.9 Å². The molecule has 0 aliphatic heterocycles. The van der Waals surface area contributed by atoms with Gasteiger partial charge in [-0.1, -0.05) is 6.58 Å². The van der Waals surface area contributed by atoms with Gasteiger partial charge >= 0.3 is 37.7 Å². The number of hydrogen-bond acceptors (Lipinski definition) is 4. The average molecular weight is 168 g/mol. The quantitative estimate of drug-likeness (QED) is 0.333. The van der Waals surface area contributed by atoms with Gasteiger partial charge < -0.3 is 19.8 Å². The summed E-state index contributed by atoms with van der Waals surface area (Å²) in [5, 5.41) is 19.4. The molecule has 0 aliphatic carbocycles. The molecule has 0 unspecified atom stereocenters. The summed E-state index contributed by atoms with van der Waals surface area (Å²) >= 11 is 0. The van der Waals surface area contributed by atoms with E-state index in [1.807, 2.05) is 0 Å². The first kappa shape index (κ1) is 12.6. The molecule has 50 valence electrons. The van der Waals surface area contributed by atoms with Crippen LogP contribution in [0.1, 0.15) is 6.42 Å². The fourth-order valence-electron chi connectivity index (χ4n) is 0.246. The Labute approximate surface area is 87.5 Å². The van der Waals surface area contributed by atoms with Gasteiger partial charge in [-0.3, -0.25) is 0 Å². The molecule has 0 aromatic heterocycles. The van der Waals surface area contributed by atoms with Crippen molar-refractivity contribution < 1.29 is 19.8 Å². The van der Waals surface area contributed by atoms with Crippen LogP contribution in [0, 0.1) is 0 Å². The van der Waals surface area contributed by atoms with Crippen LogP contribution in [0.25, 0.3) is 0 Å². The van der Waals surface area contributed by atoms with E-state index in [0.29, 0.717) is 0 Å². The molecular formula is C5H4CaO4. The first-order valence-corrected chi connectivity index (χ1v) is 2.13. The molecule has 0 fully saturated rings. The third kappa shape index (κ3) is 6.07. The number of aliphatic carboxylic acids is 2. The summed E-state index contributed by atoms with van der Waals surface area (Å²) in [5.74, 6) is -3.02. The first-order chi connectivity index (χ1) is 4.04. The monoisotopic (exact) mass is 168 g/mol. The number of carboxylic acids is 2. The maximum Gasteiger partial charge on any atom is 2.00 e. The van der Waals surface area contributed by atoms with Gasteiger partial charge in [0, 0.05) is 12.4 Å². The summed E-state index contributed by atoms with van der Waals surface area (Å²) < 4.78 is 0. The Morgan fingerprint density at radius 1 is 1.30 bits per heavy atom. The summed E-state index contributed by atoms with van der Waals surface area (Å²) in [6, 6.07) is 0. The SMILES string of the molecule is C=C(CC(=O)[O-])C(=O)[O-].[Ca+2]. The largest absolute Gasteiger partial charge is 2.00 e. The molecule has 5 heteroatoms. The van der Waals surface area contributed by atoms with Crippen LogP contribution in [0.2, 0.25) is 0 Å². The fourth-order valence-corrected chi connectivity index (χ4v) is 0.246. The summed E-state index contributed by atoms with van der Waals surface area (Å²) in [6.45, 7) is 2.91. The maximum atomic E-state index is 9.73. The summed E-state index contributed by atoms with van der Waals surface area (Å²) in [7, 11) is 0. The molecule has 4 nitrogen and oxygen atoms in total. The molecule has 0 spiro atoms. The Balaban J connectivity index is 0. The second-order valence-corrected chi connectivity index (χ2v) is 1.44. The average Bonchev–Trinajstić information content (AvgIpc) is 1.63. The Kier molecular flexibility index (Phi) is 7.19. The number of carbonyl (C=O) groups excluding carboxylic acids is 2. The summed E-state index contributed by atoms with van der Waals surface area (Å²) in [5.41, 5.74) is -0.477. The smallest absolute Gasteiger partial charge is 0.550 e. The molecule has 0 atom stereocenters. The van der Waals surface area contributed by atoms with E-state index in [-0.39, 0.29) is 37.7 Å². The van der Waals surface area contributed by atoms with Crippen LogP contribution in [0.3, 0.4) is 0 Å². The zero-order chi connectivity index (χ0) is 7.44. The number of carbonyl (C=O) groups is 2. The molecule has 0 saturated heterocycles. The molecule has 0 N–H and O–H groups in total. The van der Waals surface area contributed by atoms with E-state index in [9.17, 15) is 19.8 Å². The molecule has 0 bridgehead atoms. The molecular weight excluding hydrogens is 164 g/mol. The molecule has 0 heterocycles. The Bertz CT molecular complexity index is 163. The van der Waals surface area contributed by atoms with Gasteiger partial charge in [-0.15, -0.1) is 0 Å². The van der Waals surface area contributed by atoms with Crippen LogP contribution in [0.4, 0.5) is 0 Å². The molecule has 0 radical (unpaired) electrons. The van der Waals surface area contributed by atoms with Gasteiger partial charge in [-0.25, -0.2) is 0 Å². The van der Waals surface area contributed by atoms with Crippen LogP contribution < -0.4 is 10.2 Å². The van der Waals surface area contributed by atoms with E-state index in [2.05, 4.69) is 6.58 Å². The molecule has 0 saturated carbocycles. The second-order valence-electron chi connectivity index (χ2n) is 1.44. The van der Waals surface area contributed by atoms with Crippen molar-refractivity contribution >= 4 is 49.7 Å². The number of hydrogen-bond donors (Lipinski definition) is 0. The minimum atomic E-state index is -1.56. The van der Waals surface area contributed by atoms with E-state index >= 15 is 0 Å². The van der Waals surface area contributed by atoms with E-state index in [0.717, 1.165) is 0 Å². The van der Waals surface area contributed by atoms with Crippen LogP contribution in [0.15, 0.2) is 12.2 Å². The van der Waals surface area contributed by atoms with Gasteiger partial charge in [0.1, 0.15) is 0 Å². The van der Waals surface area contributed by atoms with Crippen molar-refractivity contribution in [2.24, 2.45) is 0 Å². The fraction of sp³-hybridized carbons (Fsp3) is 0.200. The third-order valence-electron chi connectivity index (χ3n) is 0.646. The topological polar surface area (TPSA) is 80.3 Å². The summed E-state index contributed by atoms with van der Waals surface area (Å²) in [4.78, 5) is 19.4. The Morgan fingerprint density at radius 3 is 1.80 bits per heavy atom. The van der Waals surface area contributed by atoms with Crippen LogP contribution in [-0.2, 0) is 9.59 Å². The van der Waals surface area contributed by atoms with Crippen LogP contribution >= 0.6 is 0 Å². The normalized spacial score (nSPS) is 7.60. The van der Waals surface area contributed by atoms with Crippen molar-refractivity contribution in [2.75, 3.05) is 0 Å². The van der Waals surface area contributed by atoms with E-state index in [1.165, 1.54) is 0 Å². The van der Waals surface area contributed by atoms with Gasteiger partial charge in [-0.05, 0) is 5.57 Å². The molecule has 10 heavy (non-hydrogen) atoms. The van der Waals surface area contributed by atoms with Gasteiger partial charge in [0.15, 0.2) is 0 Å². The van der Waals surface area contributed by atoms with Gasteiger partial charge in [0.2, 0.25) is 0 Å². The first-order valence-electron chi connectivity index (χ1n) is 2.13. The predicted molar refractivity (Wildman–Crippen MR) is 29.5 cm³/mol. The van der Waals surface area contributed by atoms with Crippen LogP contribution in [-0.4, -0.2) is 49.7 Å². The van der Waals surface area contributed by atoms with Crippen molar-refractivity contribution in [1.82, 2.24) is 0 Å². The summed E-state index contributed by atoms with van der Waals surface area (Å²) in [6.07, 6.45) is -0.678. The van der Waals surface area contributed by atoms with E-state index in [1.54, 1.807) is 0 Å². The van der Waals surface area contributed by atoms with Gasteiger partial charge in [0.05, 0.1) is 5.97 Å². The standard InChI is InChI=1S/C5H6O4.Ca/c1-3(5(8)9)2-4(6)7;/h1-2H2,(H,6,7)(H,8,9);/q;+2/p-2. The van der Waals surface area contributed by atoms with Crippen LogP contribution in [0.5, 0.6) is 0 Å². The maximum absolute atomic E-state index is 9.73. The minimum absolute atomic E-state index is 0. The zero-order valence-corrected chi connectivity index (χ0v) is 7.46. The third-order valence-corrected chi connectivity index (χ3v) is 0.646.